The minimum atomic E-state index is -0.483. The highest BCUT2D eigenvalue weighted by atomic mass is 35.5. The Morgan fingerprint density at radius 1 is 1.47 bits per heavy atom. The lowest BCUT2D eigenvalue weighted by molar-refractivity contribution is -0.384. The molecule has 1 atom stereocenters. The quantitative estimate of drug-likeness (QED) is 0.474. The first kappa shape index (κ1) is 13.5. The fourth-order valence-corrected chi connectivity index (χ4v) is 1.97. The van der Waals surface area contributed by atoms with E-state index in [9.17, 15) is 10.1 Å². The topological polar surface area (TPSA) is 82.1 Å². The van der Waals surface area contributed by atoms with E-state index in [1.54, 1.807) is 18.2 Å². The summed E-state index contributed by atoms with van der Waals surface area (Å²) in [6, 6.07) is 6.22. The monoisotopic (exact) mass is 281 g/mol. The summed E-state index contributed by atoms with van der Waals surface area (Å²) in [6.07, 6.45) is 1.61. The second kappa shape index (κ2) is 5.79. The number of rotatable bonds is 5. The van der Waals surface area contributed by atoms with Crippen molar-refractivity contribution < 1.29 is 9.45 Å². The largest absolute Gasteiger partial charge is 0.334 e. The van der Waals surface area contributed by atoms with Crippen molar-refractivity contribution in [2.45, 2.75) is 25.1 Å². The van der Waals surface area contributed by atoms with Crippen LogP contribution in [0.3, 0.4) is 0 Å². The van der Waals surface area contributed by atoms with Crippen molar-refractivity contribution in [1.82, 2.24) is 10.1 Å². The summed E-state index contributed by atoms with van der Waals surface area (Å²) in [7, 11) is 0. The van der Waals surface area contributed by atoms with Crippen molar-refractivity contribution in [2.24, 2.45) is 0 Å². The third-order valence-corrected chi connectivity index (χ3v) is 3.01. The number of nitro benzene ring substituents is 1. The lowest BCUT2D eigenvalue weighted by atomic mass is 10.2. The summed E-state index contributed by atoms with van der Waals surface area (Å²) in [4.78, 5) is 14.6. The Kier molecular flexibility index (Phi) is 4.11. The van der Waals surface area contributed by atoms with Crippen LogP contribution in [0.2, 0.25) is 0 Å². The van der Waals surface area contributed by atoms with Crippen molar-refractivity contribution in [3.63, 3.8) is 0 Å². The van der Waals surface area contributed by atoms with Gasteiger partial charge < -0.3 is 4.52 Å². The van der Waals surface area contributed by atoms with Crippen LogP contribution in [0.4, 0.5) is 5.69 Å². The molecule has 0 amide bonds. The van der Waals surface area contributed by atoms with Crippen LogP contribution >= 0.6 is 11.6 Å². The maximum atomic E-state index is 10.9. The SMILES string of the molecule is CCCC(Cl)c1noc(-c2ccccc2[N+](=O)[O-])n1. The average Bonchev–Trinajstić information content (AvgIpc) is 2.88. The first-order valence-electron chi connectivity index (χ1n) is 5.85. The third-order valence-electron chi connectivity index (χ3n) is 2.60. The van der Waals surface area contributed by atoms with Crippen molar-refractivity contribution in [3.8, 4) is 11.5 Å². The number of halogens is 1. The molecule has 0 radical (unpaired) electrons. The average molecular weight is 282 g/mol. The zero-order chi connectivity index (χ0) is 13.8. The van der Waals surface area contributed by atoms with Gasteiger partial charge in [-0.25, -0.2) is 0 Å². The summed E-state index contributed by atoms with van der Waals surface area (Å²) < 4.78 is 5.06. The molecule has 1 aromatic heterocycles. The molecule has 0 aliphatic carbocycles. The summed E-state index contributed by atoms with van der Waals surface area (Å²) in [5.41, 5.74) is 0.228. The molecule has 6 nitrogen and oxygen atoms in total. The van der Waals surface area contributed by atoms with Gasteiger partial charge in [-0.3, -0.25) is 10.1 Å². The van der Waals surface area contributed by atoms with Gasteiger partial charge in [0.1, 0.15) is 5.56 Å². The zero-order valence-electron chi connectivity index (χ0n) is 10.2. The Morgan fingerprint density at radius 3 is 2.89 bits per heavy atom. The molecule has 100 valence electrons. The highest BCUT2D eigenvalue weighted by Gasteiger charge is 2.21. The minimum Gasteiger partial charge on any atom is -0.334 e. The van der Waals surface area contributed by atoms with E-state index in [0.29, 0.717) is 11.4 Å². The number of para-hydroxylation sites is 1. The molecule has 2 aromatic rings. The van der Waals surface area contributed by atoms with E-state index in [1.165, 1.54) is 6.07 Å². The molecule has 0 fully saturated rings. The van der Waals surface area contributed by atoms with Crippen molar-refractivity contribution in [3.05, 3.63) is 40.2 Å². The Bertz CT molecular complexity index is 585. The van der Waals surface area contributed by atoms with Crippen LogP contribution in [0.15, 0.2) is 28.8 Å². The molecule has 0 saturated carbocycles. The standard InChI is InChI=1S/C12H12ClN3O3/c1-2-5-9(13)11-14-12(19-15-11)8-6-3-4-7-10(8)16(17)18/h3-4,6-7,9H,2,5H2,1H3. The highest BCUT2D eigenvalue weighted by Crippen LogP contribution is 2.30. The van der Waals surface area contributed by atoms with Crippen molar-refractivity contribution in [2.75, 3.05) is 0 Å². The highest BCUT2D eigenvalue weighted by molar-refractivity contribution is 6.20. The number of hydrogen-bond donors (Lipinski definition) is 0. The molecule has 0 N–H and O–H groups in total. The van der Waals surface area contributed by atoms with Gasteiger partial charge in [0.2, 0.25) is 0 Å². The van der Waals surface area contributed by atoms with Gasteiger partial charge in [0.25, 0.3) is 11.6 Å². The Hall–Kier alpha value is -1.95. The van der Waals surface area contributed by atoms with E-state index in [1.807, 2.05) is 6.92 Å². The molecule has 0 aliphatic rings. The molecule has 1 unspecified atom stereocenters. The normalized spacial score (nSPS) is 12.3. The lowest BCUT2D eigenvalue weighted by Gasteiger charge is -1.99. The van der Waals surface area contributed by atoms with Crippen LogP contribution in [0.1, 0.15) is 31.0 Å². The summed E-state index contributed by atoms with van der Waals surface area (Å²) >= 11 is 6.09. The van der Waals surface area contributed by atoms with Crippen LogP contribution in [0.25, 0.3) is 11.5 Å². The van der Waals surface area contributed by atoms with Gasteiger partial charge in [0, 0.05) is 6.07 Å². The predicted octanol–water partition coefficient (Wildman–Crippen LogP) is 3.72. The maximum Gasteiger partial charge on any atom is 0.282 e. The minimum absolute atomic E-state index is 0.0701. The molecular weight excluding hydrogens is 270 g/mol. The van der Waals surface area contributed by atoms with E-state index in [-0.39, 0.29) is 17.0 Å². The third kappa shape index (κ3) is 2.90. The molecule has 0 bridgehead atoms. The van der Waals surface area contributed by atoms with Gasteiger partial charge in [-0.15, -0.1) is 11.6 Å². The van der Waals surface area contributed by atoms with E-state index >= 15 is 0 Å². The number of nitro groups is 1. The zero-order valence-corrected chi connectivity index (χ0v) is 11.0. The Labute approximate surface area is 114 Å². The number of hydrogen-bond acceptors (Lipinski definition) is 5. The lowest BCUT2D eigenvalue weighted by Crippen LogP contribution is -1.94. The smallest absolute Gasteiger partial charge is 0.282 e. The van der Waals surface area contributed by atoms with Crippen LogP contribution in [-0.2, 0) is 0 Å². The van der Waals surface area contributed by atoms with Crippen LogP contribution in [0.5, 0.6) is 0 Å². The molecule has 0 spiro atoms. The van der Waals surface area contributed by atoms with Crippen LogP contribution in [-0.4, -0.2) is 15.1 Å². The second-order valence-electron chi connectivity index (χ2n) is 3.99. The van der Waals surface area contributed by atoms with E-state index in [0.717, 1.165) is 12.8 Å². The van der Waals surface area contributed by atoms with E-state index in [4.69, 9.17) is 16.1 Å². The van der Waals surface area contributed by atoms with E-state index in [2.05, 4.69) is 10.1 Å². The number of benzene rings is 1. The second-order valence-corrected chi connectivity index (χ2v) is 4.52. The Morgan fingerprint density at radius 2 is 2.21 bits per heavy atom. The molecule has 19 heavy (non-hydrogen) atoms. The van der Waals surface area contributed by atoms with Gasteiger partial charge in [0.15, 0.2) is 5.82 Å². The predicted molar refractivity (Wildman–Crippen MR) is 69.9 cm³/mol. The number of alkyl halides is 1. The molecular formula is C12H12ClN3O3. The number of nitrogens with zero attached hydrogens (tertiary/aromatic N) is 3. The molecule has 1 aromatic carbocycles. The molecule has 1 heterocycles. The Balaban J connectivity index is 2.35. The summed E-state index contributed by atoms with van der Waals surface area (Å²) in [6.45, 7) is 2.00. The fourth-order valence-electron chi connectivity index (χ4n) is 1.67. The first-order valence-corrected chi connectivity index (χ1v) is 6.28. The molecule has 0 aliphatic heterocycles. The molecule has 7 heteroatoms. The fraction of sp³-hybridized carbons (Fsp3) is 0.333. The van der Waals surface area contributed by atoms with E-state index < -0.39 is 4.92 Å². The van der Waals surface area contributed by atoms with Crippen LogP contribution < -0.4 is 0 Å². The molecule has 2 rings (SSSR count). The maximum absolute atomic E-state index is 10.9. The van der Waals surface area contributed by atoms with Gasteiger partial charge in [-0.05, 0) is 12.5 Å². The number of aromatic nitrogens is 2. The van der Waals surface area contributed by atoms with Crippen LogP contribution in [0, 0.1) is 10.1 Å². The summed E-state index contributed by atoms with van der Waals surface area (Å²) in [5, 5.41) is 14.4. The van der Waals surface area contributed by atoms with Gasteiger partial charge in [0.05, 0.1) is 10.3 Å². The first-order chi connectivity index (χ1) is 9.13. The van der Waals surface area contributed by atoms with Crippen molar-refractivity contribution in [1.29, 1.82) is 0 Å². The van der Waals surface area contributed by atoms with Crippen molar-refractivity contribution >= 4 is 17.3 Å². The summed E-state index contributed by atoms with van der Waals surface area (Å²) in [5.74, 6) is 0.473. The van der Waals surface area contributed by atoms with Gasteiger partial charge in [-0.2, -0.15) is 4.98 Å². The molecule has 0 saturated heterocycles. The van der Waals surface area contributed by atoms with Gasteiger partial charge in [-0.1, -0.05) is 30.6 Å². The van der Waals surface area contributed by atoms with Gasteiger partial charge >= 0.3 is 0 Å².